The first-order chi connectivity index (χ1) is 9.38. The van der Waals surface area contributed by atoms with Gasteiger partial charge in [-0.05, 0) is 30.5 Å². The van der Waals surface area contributed by atoms with Crippen LogP contribution in [0.3, 0.4) is 0 Å². The molecule has 100 valence electrons. The van der Waals surface area contributed by atoms with E-state index in [1.54, 1.807) is 6.33 Å². The zero-order valence-electron chi connectivity index (χ0n) is 11.1. The van der Waals surface area contributed by atoms with Crippen LogP contribution in [-0.2, 0) is 6.42 Å². The maximum absolute atomic E-state index is 4.20. The SMILES string of the molecule is CCCNc1cc(NCCc2ccncc2)ncn1. The van der Waals surface area contributed by atoms with Crippen molar-refractivity contribution >= 4 is 11.6 Å². The molecule has 5 nitrogen and oxygen atoms in total. The van der Waals surface area contributed by atoms with E-state index in [0.717, 1.165) is 37.6 Å². The van der Waals surface area contributed by atoms with Gasteiger partial charge in [-0.25, -0.2) is 9.97 Å². The Bertz CT molecular complexity index is 486. The molecule has 2 aromatic rings. The van der Waals surface area contributed by atoms with E-state index in [0.29, 0.717) is 0 Å². The summed E-state index contributed by atoms with van der Waals surface area (Å²) in [5, 5.41) is 6.54. The summed E-state index contributed by atoms with van der Waals surface area (Å²) in [6.45, 7) is 3.89. The van der Waals surface area contributed by atoms with E-state index in [-0.39, 0.29) is 0 Å². The standard InChI is InChI=1S/C14H19N5/c1-2-6-16-13-10-14(19-11-18-13)17-9-5-12-3-7-15-8-4-12/h3-4,7-8,10-11H,2,5-6,9H2,1H3,(H2,16,17,18,19). The summed E-state index contributed by atoms with van der Waals surface area (Å²) in [5.74, 6) is 1.71. The largest absolute Gasteiger partial charge is 0.370 e. The minimum absolute atomic E-state index is 0.842. The monoisotopic (exact) mass is 257 g/mol. The van der Waals surface area contributed by atoms with Crippen LogP contribution in [-0.4, -0.2) is 28.0 Å². The Labute approximate surface area is 113 Å². The fraction of sp³-hybridized carbons (Fsp3) is 0.357. The summed E-state index contributed by atoms with van der Waals surface area (Å²) in [6.07, 6.45) is 7.23. The summed E-state index contributed by atoms with van der Waals surface area (Å²) < 4.78 is 0. The van der Waals surface area contributed by atoms with Crippen molar-refractivity contribution in [3.05, 3.63) is 42.5 Å². The highest BCUT2D eigenvalue weighted by atomic mass is 15.1. The first-order valence-electron chi connectivity index (χ1n) is 6.57. The zero-order valence-corrected chi connectivity index (χ0v) is 11.1. The number of anilines is 2. The number of hydrogen-bond acceptors (Lipinski definition) is 5. The molecule has 2 N–H and O–H groups in total. The van der Waals surface area contributed by atoms with Crippen LogP contribution in [0.1, 0.15) is 18.9 Å². The summed E-state index contributed by atoms with van der Waals surface area (Å²) in [6, 6.07) is 5.98. The summed E-state index contributed by atoms with van der Waals surface area (Å²) >= 11 is 0. The van der Waals surface area contributed by atoms with Crippen LogP contribution in [0.15, 0.2) is 36.9 Å². The number of nitrogens with one attached hydrogen (secondary N) is 2. The van der Waals surface area contributed by atoms with Crippen molar-refractivity contribution in [3.63, 3.8) is 0 Å². The predicted molar refractivity (Wildman–Crippen MR) is 77.2 cm³/mol. The summed E-state index contributed by atoms with van der Waals surface area (Å²) in [5.41, 5.74) is 1.26. The number of nitrogens with zero attached hydrogens (tertiary/aromatic N) is 3. The van der Waals surface area contributed by atoms with Crippen LogP contribution in [0.5, 0.6) is 0 Å². The van der Waals surface area contributed by atoms with Crippen LogP contribution in [0.25, 0.3) is 0 Å². The van der Waals surface area contributed by atoms with E-state index in [4.69, 9.17) is 0 Å². The molecular formula is C14H19N5. The Hall–Kier alpha value is -2.17. The first-order valence-corrected chi connectivity index (χ1v) is 6.57. The Morgan fingerprint density at radius 3 is 2.37 bits per heavy atom. The van der Waals surface area contributed by atoms with Gasteiger partial charge in [0.2, 0.25) is 0 Å². The highest BCUT2D eigenvalue weighted by Crippen LogP contribution is 2.08. The van der Waals surface area contributed by atoms with Gasteiger partial charge in [0, 0.05) is 31.5 Å². The molecule has 0 fully saturated rings. The Morgan fingerprint density at radius 1 is 1.00 bits per heavy atom. The molecule has 0 bridgehead atoms. The molecule has 0 aliphatic rings. The fourth-order valence-electron chi connectivity index (χ4n) is 1.69. The maximum atomic E-state index is 4.20. The summed E-state index contributed by atoms with van der Waals surface area (Å²) in [4.78, 5) is 12.4. The van der Waals surface area contributed by atoms with Gasteiger partial charge in [-0.1, -0.05) is 6.92 Å². The molecule has 2 aromatic heterocycles. The van der Waals surface area contributed by atoms with Crippen molar-refractivity contribution in [1.82, 2.24) is 15.0 Å². The third-order valence-electron chi connectivity index (χ3n) is 2.69. The second-order valence-corrected chi connectivity index (χ2v) is 4.25. The molecule has 2 rings (SSSR count). The van der Waals surface area contributed by atoms with Gasteiger partial charge in [-0.3, -0.25) is 4.98 Å². The van der Waals surface area contributed by atoms with Crippen LogP contribution in [0.4, 0.5) is 11.6 Å². The zero-order chi connectivity index (χ0) is 13.3. The number of pyridine rings is 1. The highest BCUT2D eigenvalue weighted by molar-refractivity contribution is 5.46. The fourth-order valence-corrected chi connectivity index (χ4v) is 1.69. The van der Waals surface area contributed by atoms with Gasteiger partial charge >= 0.3 is 0 Å². The molecule has 0 aliphatic heterocycles. The van der Waals surface area contributed by atoms with Crippen LogP contribution in [0.2, 0.25) is 0 Å². The molecule has 0 unspecified atom stereocenters. The first kappa shape index (κ1) is 13.3. The average Bonchev–Trinajstić information content (AvgIpc) is 2.47. The van der Waals surface area contributed by atoms with Crippen molar-refractivity contribution in [2.45, 2.75) is 19.8 Å². The predicted octanol–water partition coefficient (Wildman–Crippen LogP) is 2.35. The lowest BCUT2D eigenvalue weighted by Crippen LogP contribution is -2.08. The lowest BCUT2D eigenvalue weighted by Gasteiger charge is -2.08. The Morgan fingerprint density at radius 2 is 1.68 bits per heavy atom. The summed E-state index contributed by atoms with van der Waals surface area (Å²) in [7, 11) is 0. The third kappa shape index (κ3) is 4.54. The molecule has 2 heterocycles. The van der Waals surface area contributed by atoms with E-state index >= 15 is 0 Å². The second-order valence-electron chi connectivity index (χ2n) is 4.25. The van der Waals surface area contributed by atoms with Gasteiger partial charge in [0.15, 0.2) is 0 Å². The second kappa shape index (κ2) is 7.31. The van der Waals surface area contributed by atoms with E-state index in [2.05, 4.69) is 32.5 Å². The maximum Gasteiger partial charge on any atom is 0.131 e. The Kier molecular flexibility index (Phi) is 5.10. The van der Waals surface area contributed by atoms with Gasteiger partial charge in [-0.15, -0.1) is 0 Å². The van der Waals surface area contributed by atoms with Gasteiger partial charge in [0.1, 0.15) is 18.0 Å². The highest BCUT2D eigenvalue weighted by Gasteiger charge is 1.98. The number of hydrogen-bond donors (Lipinski definition) is 2. The van der Waals surface area contributed by atoms with Crippen LogP contribution < -0.4 is 10.6 Å². The molecule has 5 heteroatoms. The lowest BCUT2D eigenvalue weighted by molar-refractivity contribution is 0.959. The molecule has 0 atom stereocenters. The molecular weight excluding hydrogens is 238 g/mol. The van der Waals surface area contributed by atoms with E-state index in [1.165, 1.54) is 5.56 Å². The van der Waals surface area contributed by atoms with Crippen molar-refractivity contribution in [3.8, 4) is 0 Å². The number of rotatable bonds is 7. The van der Waals surface area contributed by atoms with Gasteiger partial charge < -0.3 is 10.6 Å². The quantitative estimate of drug-likeness (QED) is 0.797. The molecule has 19 heavy (non-hydrogen) atoms. The van der Waals surface area contributed by atoms with Crippen molar-refractivity contribution in [1.29, 1.82) is 0 Å². The smallest absolute Gasteiger partial charge is 0.131 e. The van der Waals surface area contributed by atoms with Crippen molar-refractivity contribution in [2.24, 2.45) is 0 Å². The number of aromatic nitrogens is 3. The van der Waals surface area contributed by atoms with Crippen LogP contribution >= 0.6 is 0 Å². The van der Waals surface area contributed by atoms with E-state index in [9.17, 15) is 0 Å². The van der Waals surface area contributed by atoms with E-state index in [1.807, 2.05) is 30.6 Å². The topological polar surface area (TPSA) is 62.7 Å². The average molecular weight is 257 g/mol. The van der Waals surface area contributed by atoms with Gasteiger partial charge in [0.05, 0.1) is 0 Å². The van der Waals surface area contributed by atoms with E-state index < -0.39 is 0 Å². The Balaban J connectivity index is 1.82. The molecule has 0 aliphatic carbocycles. The lowest BCUT2D eigenvalue weighted by atomic mass is 10.2. The minimum atomic E-state index is 0.842. The molecule has 0 amide bonds. The van der Waals surface area contributed by atoms with Crippen molar-refractivity contribution < 1.29 is 0 Å². The van der Waals surface area contributed by atoms with Crippen LogP contribution in [0, 0.1) is 0 Å². The molecule has 0 spiro atoms. The van der Waals surface area contributed by atoms with Crippen molar-refractivity contribution in [2.75, 3.05) is 23.7 Å². The normalized spacial score (nSPS) is 10.2. The van der Waals surface area contributed by atoms with Gasteiger partial charge in [0.25, 0.3) is 0 Å². The molecule has 0 aromatic carbocycles. The molecule has 0 radical (unpaired) electrons. The minimum Gasteiger partial charge on any atom is -0.370 e. The molecule has 0 saturated heterocycles. The third-order valence-corrected chi connectivity index (χ3v) is 2.69. The molecule has 0 saturated carbocycles. The van der Waals surface area contributed by atoms with Gasteiger partial charge in [-0.2, -0.15) is 0 Å².